The third-order valence-corrected chi connectivity index (χ3v) is 1.84. The van der Waals surface area contributed by atoms with Gasteiger partial charge < -0.3 is 5.32 Å². The zero-order valence-electron chi connectivity index (χ0n) is 6.31. The van der Waals surface area contributed by atoms with E-state index >= 15 is 0 Å². The van der Waals surface area contributed by atoms with Crippen LogP contribution >= 0.6 is 0 Å². The second kappa shape index (κ2) is 3.88. The first kappa shape index (κ1) is 7.95. The fourth-order valence-corrected chi connectivity index (χ4v) is 1.15. The Bertz CT molecular complexity index is 97.6. The van der Waals surface area contributed by atoms with Gasteiger partial charge in [-0.15, -0.1) is 0 Å². The number of nitrogens with zero attached hydrogens (tertiary/aromatic N) is 1. The smallest absolute Gasteiger partial charge is 0.119 e. The molecule has 1 N–H and O–H groups in total. The van der Waals surface area contributed by atoms with Crippen LogP contribution in [-0.4, -0.2) is 32.4 Å². The van der Waals surface area contributed by atoms with Crippen molar-refractivity contribution in [1.29, 1.82) is 0 Å². The summed E-state index contributed by atoms with van der Waals surface area (Å²) in [5, 5.41) is 7.10. The van der Waals surface area contributed by atoms with Crippen LogP contribution < -0.4 is 10.6 Å². The Labute approximate surface area is 61.2 Å². The second-order valence-electron chi connectivity index (χ2n) is 2.67. The summed E-state index contributed by atoms with van der Waals surface area (Å²) in [5.74, 6) is 0.139. The summed E-state index contributed by atoms with van der Waals surface area (Å²) < 4.78 is 12.8. The van der Waals surface area contributed by atoms with Gasteiger partial charge in [-0.2, -0.15) is 0 Å². The van der Waals surface area contributed by atoms with Gasteiger partial charge in [-0.1, -0.05) is 6.92 Å². The average Bonchev–Trinajstić information content (AvgIpc) is 2.31. The molecule has 0 amide bonds. The zero-order valence-corrected chi connectivity index (χ0v) is 6.31. The number of alkyl halides is 1. The molecular formula is C7H14FN2. The number of halogens is 1. The highest BCUT2D eigenvalue weighted by Crippen LogP contribution is 2.12. The molecule has 3 heteroatoms. The predicted molar refractivity (Wildman–Crippen MR) is 38.8 cm³/mol. The monoisotopic (exact) mass is 145 g/mol. The fourth-order valence-electron chi connectivity index (χ4n) is 1.15. The van der Waals surface area contributed by atoms with Gasteiger partial charge in [0, 0.05) is 25.6 Å². The molecule has 1 fully saturated rings. The van der Waals surface area contributed by atoms with E-state index in [-0.39, 0.29) is 5.92 Å². The molecule has 1 aliphatic rings. The quantitative estimate of drug-likeness (QED) is 0.602. The number of hydrogen-bond acceptors (Lipinski definition) is 1. The van der Waals surface area contributed by atoms with Gasteiger partial charge in [-0.25, -0.2) is 9.71 Å². The van der Waals surface area contributed by atoms with E-state index in [0.717, 1.165) is 13.1 Å². The number of rotatable bonds is 3. The van der Waals surface area contributed by atoms with Crippen LogP contribution in [-0.2, 0) is 0 Å². The maximum Gasteiger partial charge on any atom is 0.119 e. The van der Waals surface area contributed by atoms with Crippen LogP contribution in [0.5, 0.6) is 0 Å². The number of hydrogen-bond donors (Lipinski definition) is 1. The van der Waals surface area contributed by atoms with E-state index in [1.54, 1.807) is 0 Å². The minimum Gasteiger partial charge on any atom is -0.317 e. The molecule has 0 saturated carbocycles. The zero-order chi connectivity index (χ0) is 7.40. The van der Waals surface area contributed by atoms with Crippen LogP contribution in [0.2, 0.25) is 0 Å². The summed E-state index contributed by atoms with van der Waals surface area (Å²) in [7, 11) is 0. The van der Waals surface area contributed by atoms with E-state index in [9.17, 15) is 4.39 Å². The van der Waals surface area contributed by atoms with E-state index in [1.165, 1.54) is 0 Å². The molecule has 0 aliphatic carbocycles. The molecule has 59 valence electrons. The fraction of sp³-hybridized carbons (Fsp3) is 1.00. The molecule has 0 spiro atoms. The molecule has 2 nitrogen and oxygen atoms in total. The lowest BCUT2D eigenvalue weighted by Crippen LogP contribution is -2.28. The Kier molecular flexibility index (Phi) is 3.09. The number of nitrogens with one attached hydrogen (secondary N) is 1. The Hall–Kier alpha value is -0.150. The first-order valence-electron chi connectivity index (χ1n) is 3.82. The summed E-state index contributed by atoms with van der Waals surface area (Å²) in [6.45, 7) is 4.84. The highest BCUT2D eigenvalue weighted by Gasteiger charge is 2.26. The van der Waals surface area contributed by atoms with Crippen LogP contribution in [0.25, 0.3) is 0 Å². The van der Waals surface area contributed by atoms with Crippen molar-refractivity contribution in [2.45, 2.75) is 13.1 Å². The first-order chi connectivity index (χ1) is 4.84. The van der Waals surface area contributed by atoms with Crippen molar-refractivity contribution in [3.05, 3.63) is 0 Å². The van der Waals surface area contributed by atoms with Gasteiger partial charge in [0.1, 0.15) is 6.17 Å². The molecule has 1 heterocycles. The lowest BCUT2D eigenvalue weighted by Gasteiger charge is -2.10. The Morgan fingerprint density at radius 1 is 1.60 bits per heavy atom. The third kappa shape index (κ3) is 1.92. The Morgan fingerprint density at radius 2 is 2.40 bits per heavy atom. The summed E-state index contributed by atoms with van der Waals surface area (Å²) in [6.07, 6.45) is -0.695. The van der Waals surface area contributed by atoms with Gasteiger partial charge in [0.15, 0.2) is 0 Å². The van der Waals surface area contributed by atoms with Crippen molar-refractivity contribution in [3.8, 4) is 0 Å². The molecule has 0 aromatic carbocycles. The maximum atomic E-state index is 12.8. The lowest BCUT2D eigenvalue weighted by atomic mass is 10.1. The van der Waals surface area contributed by atoms with Crippen LogP contribution in [0, 0.1) is 5.92 Å². The third-order valence-electron chi connectivity index (χ3n) is 1.84. The highest BCUT2D eigenvalue weighted by atomic mass is 19.1. The van der Waals surface area contributed by atoms with E-state index in [2.05, 4.69) is 10.6 Å². The molecule has 0 bridgehead atoms. The topological polar surface area (TPSA) is 26.1 Å². The molecule has 0 aromatic heterocycles. The van der Waals surface area contributed by atoms with Crippen molar-refractivity contribution >= 4 is 0 Å². The molecule has 1 rings (SSSR count). The minimum atomic E-state index is -0.695. The maximum absolute atomic E-state index is 12.8. The molecule has 10 heavy (non-hydrogen) atoms. The lowest BCUT2D eigenvalue weighted by molar-refractivity contribution is 0.278. The van der Waals surface area contributed by atoms with Crippen LogP contribution in [0.3, 0.4) is 0 Å². The van der Waals surface area contributed by atoms with Crippen molar-refractivity contribution in [2.75, 3.05) is 26.2 Å². The molecule has 1 radical (unpaired) electrons. The van der Waals surface area contributed by atoms with Crippen LogP contribution in [0.4, 0.5) is 4.39 Å². The summed E-state index contributed by atoms with van der Waals surface area (Å²) in [6, 6.07) is 0. The normalized spacial score (nSPS) is 33.0. The molecule has 1 saturated heterocycles. The molecule has 0 aromatic rings. The van der Waals surface area contributed by atoms with E-state index in [0.29, 0.717) is 13.1 Å². The first-order valence-corrected chi connectivity index (χ1v) is 3.82. The van der Waals surface area contributed by atoms with E-state index < -0.39 is 6.17 Å². The predicted octanol–water partition coefficient (Wildman–Crippen LogP) is 0.168. The van der Waals surface area contributed by atoms with Crippen molar-refractivity contribution in [2.24, 2.45) is 5.92 Å². The van der Waals surface area contributed by atoms with Crippen molar-refractivity contribution in [3.63, 3.8) is 0 Å². The standard InChI is InChI=1S/C7H14FN2/c1-2-9-3-6-4-10-5-7(6)8/h6-7,9H,2-5H2,1H3. The van der Waals surface area contributed by atoms with Gasteiger partial charge in [0.05, 0.1) is 0 Å². The highest BCUT2D eigenvalue weighted by molar-refractivity contribution is 4.81. The summed E-state index contributed by atoms with van der Waals surface area (Å²) in [5.41, 5.74) is 0. The summed E-state index contributed by atoms with van der Waals surface area (Å²) in [4.78, 5) is 0. The van der Waals surface area contributed by atoms with Crippen molar-refractivity contribution in [1.82, 2.24) is 10.6 Å². The second-order valence-corrected chi connectivity index (χ2v) is 2.67. The summed E-state index contributed by atoms with van der Waals surface area (Å²) >= 11 is 0. The van der Waals surface area contributed by atoms with Crippen LogP contribution in [0.15, 0.2) is 0 Å². The van der Waals surface area contributed by atoms with Gasteiger partial charge in [-0.05, 0) is 6.54 Å². The van der Waals surface area contributed by atoms with E-state index in [4.69, 9.17) is 0 Å². The average molecular weight is 145 g/mol. The largest absolute Gasteiger partial charge is 0.317 e. The van der Waals surface area contributed by atoms with Gasteiger partial charge in [0.25, 0.3) is 0 Å². The van der Waals surface area contributed by atoms with Gasteiger partial charge >= 0.3 is 0 Å². The molecular weight excluding hydrogens is 131 g/mol. The minimum absolute atomic E-state index is 0.139. The molecule has 2 atom stereocenters. The SMILES string of the molecule is CCNCC1C[N]CC1F. The van der Waals surface area contributed by atoms with Gasteiger partial charge in [-0.3, -0.25) is 0 Å². The Morgan fingerprint density at radius 3 is 2.90 bits per heavy atom. The van der Waals surface area contributed by atoms with Gasteiger partial charge in [0.2, 0.25) is 0 Å². The Balaban J connectivity index is 2.14. The van der Waals surface area contributed by atoms with Crippen molar-refractivity contribution < 1.29 is 4.39 Å². The molecule has 2 unspecified atom stereocenters. The van der Waals surface area contributed by atoms with E-state index in [1.807, 2.05) is 6.92 Å². The van der Waals surface area contributed by atoms with Crippen LogP contribution in [0.1, 0.15) is 6.92 Å². The molecule has 1 aliphatic heterocycles.